The van der Waals surface area contributed by atoms with E-state index in [0.717, 1.165) is 6.42 Å². The fourth-order valence-corrected chi connectivity index (χ4v) is 5.74. The summed E-state index contributed by atoms with van der Waals surface area (Å²) in [5, 5.41) is 5.23. The van der Waals surface area contributed by atoms with E-state index in [9.17, 15) is 18.0 Å². The number of benzene rings is 2. The molecule has 9 heteroatoms. The van der Waals surface area contributed by atoms with Gasteiger partial charge in [-0.25, -0.2) is 8.42 Å². The first-order valence-electron chi connectivity index (χ1n) is 11.1. The summed E-state index contributed by atoms with van der Waals surface area (Å²) < 4.78 is 33.1. The fraction of sp³-hybridized carbons (Fsp3) is 0.417. The zero-order valence-corrected chi connectivity index (χ0v) is 20.0. The molecule has 3 rings (SSSR count). The number of ether oxygens (including phenoxy) is 1. The van der Waals surface area contributed by atoms with Crippen LogP contribution in [0.15, 0.2) is 53.4 Å². The molecular weight excluding hydrogens is 442 g/mol. The molecule has 178 valence electrons. The molecule has 1 heterocycles. The second-order valence-electron chi connectivity index (χ2n) is 8.48. The van der Waals surface area contributed by atoms with Gasteiger partial charge in [0.05, 0.1) is 18.0 Å². The minimum absolute atomic E-state index is 0.0790. The molecule has 1 saturated heterocycles. The first-order chi connectivity index (χ1) is 15.7. The van der Waals surface area contributed by atoms with Gasteiger partial charge in [0.2, 0.25) is 15.9 Å². The summed E-state index contributed by atoms with van der Waals surface area (Å²) in [5.74, 6) is 0.349. The summed E-state index contributed by atoms with van der Waals surface area (Å²) in [6.45, 7) is 7.21. The van der Waals surface area contributed by atoms with Crippen molar-refractivity contribution in [2.45, 2.75) is 32.1 Å². The molecule has 0 radical (unpaired) electrons. The van der Waals surface area contributed by atoms with E-state index >= 15 is 0 Å². The predicted octanol–water partition coefficient (Wildman–Crippen LogP) is 3.12. The van der Waals surface area contributed by atoms with Crippen molar-refractivity contribution in [1.29, 1.82) is 0 Å². The summed E-state index contributed by atoms with van der Waals surface area (Å²) in [6, 6.07) is 12.8. The summed E-state index contributed by atoms with van der Waals surface area (Å²) in [6.07, 6.45) is 0.993. The summed E-state index contributed by atoms with van der Waals surface area (Å²) in [4.78, 5) is 24.8. The molecule has 0 aromatic heterocycles. The number of sulfonamides is 1. The highest BCUT2D eigenvalue weighted by Crippen LogP contribution is 2.27. The van der Waals surface area contributed by atoms with Gasteiger partial charge in [0.1, 0.15) is 5.75 Å². The molecule has 0 bridgehead atoms. The number of hydrogen-bond donors (Lipinski definition) is 2. The van der Waals surface area contributed by atoms with E-state index in [1.165, 1.54) is 22.5 Å². The van der Waals surface area contributed by atoms with Crippen LogP contribution in [0.4, 0.5) is 5.69 Å². The first kappa shape index (κ1) is 24.7. The average Bonchev–Trinajstić information content (AvgIpc) is 2.78. The number of nitrogens with one attached hydrogen (secondary N) is 2. The van der Waals surface area contributed by atoms with E-state index in [4.69, 9.17) is 4.74 Å². The van der Waals surface area contributed by atoms with Crippen LogP contribution in [-0.2, 0) is 14.8 Å². The zero-order valence-electron chi connectivity index (χ0n) is 19.2. The van der Waals surface area contributed by atoms with E-state index in [-0.39, 0.29) is 28.8 Å². The molecule has 2 aromatic carbocycles. The molecule has 2 atom stereocenters. The van der Waals surface area contributed by atoms with Gasteiger partial charge in [-0.1, -0.05) is 19.9 Å². The second kappa shape index (κ2) is 10.8. The maximum absolute atomic E-state index is 13.1. The normalized spacial score (nSPS) is 19.0. The molecule has 2 unspecified atom stereocenters. The Balaban J connectivity index is 1.60. The van der Waals surface area contributed by atoms with Crippen molar-refractivity contribution in [2.75, 3.05) is 31.6 Å². The van der Waals surface area contributed by atoms with Crippen LogP contribution in [0.3, 0.4) is 0 Å². The van der Waals surface area contributed by atoms with Crippen molar-refractivity contribution >= 4 is 27.5 Å². The molecular formula is C24H31N3O5S. The van der Waals surface area contributed by atoms with Crippen LogP contribution in [0, 0.1) is 11.8 Å². The van der Waals surface area contributed by atoms with Crippen LogP contribution in [-0.4, -0.2) is 50.8 Å². The summed E-state index contributed by atoms with van der Waals surface area (Å²) in [7, 11) is -3.70. The molecule has 1 aliphatic heterocycles. The van der Waals surface area contributed by atoms with Crippen LogP contribution < -0.4 is 15.4 Å². The minimum Gasteiger partial charge on any atom is -0.494 e. The maximum atomic E-state index is 13.1. The molecule has 1 fully saturated rings. The van der Waals surface area contributed by atoms with E-state index in [1.54, 1.807) is 30.3 Å². The van der Waals surface area contributed by atoms with Crippen LogP contribution in [0.5, 0.6) is 5.75 Å². The van der Waals surface area contributed by atoms with Crippen LogP contribution in [0.2, 0.25) is 0 Å². The minimum atomic E-state index is -3.70. The van der Waals surface area contributed by atoms with Crippen molar-refractivity contribution in [3.8, 4) is 5.75 Å². The number of nitrogens with zero attached hydrogens (tertiary/aromatic N) is 1. The highest BCUT2D eigenvalue weighted by atomic mass is 32.2. The lowest BCUT2D eigenvalue weighted by Crippen LogP contribution is -2.42. The van der Waals surface area contributed by atoms with Gasteiger partial charge in [-0.15, -0.1) is 0 Å². The van der Waals surface area contributed by atoms with E-state index < -0.39 is 21.8 Å². The Hall–Kier alpha value is -2.91. The highest BCUT2D eigenvalue weighted by molar-refractivity contribution is 7.89. The van der Waals surface area contributed by atoms with Crippen molar-refractivity contribution in [1.82, 2.24) is 9.62 Å². The predicted molar refractivity (Wildman–Crippen MR) is 127 cm³/mol. The van der Waals surface area contributed by atoms with Gasteiger partial charge < -0.3 is 15.4 Å². The standard InChI is InChI=1S/C24H31N3O5S/c1-4-32-21-10-8-20(9-11-21)26-23(28)14-25-24(29)19-6-5-7-22(13-19)33(30,31)27-15-17(2)12-18(3)16-27/h5-11,13,17-18H,4,12,14-16H2,1-3H3,(H,25,29)(H,26,28). The monoisotopic (exact) mass is 473 g/mol. The third-order valence-electron chi connectivity index (χ3n) is 5.43. The number of amides is 2. The Morgan fingerprint density at radius 2 is 1.73 bits per heavy atom. The van der Waals surface area contributed by atoms with E-state index in [1.807, 2.05) is 20.8 Å². The third kappa shape index (κ3) is 6.55. The Kier molecular flexibility index (Phi) is 8.10. The second-order valence-corrected chi connectivity index (χ2v) is 10.4. The molecule has 1 aliphatic rings. The van der Waals surface area contributed by atoms with E-state index in [2.05, 4.69) is 10.6 Å². The molecule has 0 spiro atoms. The van der Waals surface area contributed by atoms with Crippen LogP contribution in [0.25, 0.3) is 0 Å². The highest BCUT2D eigenvalue weighted by Gasteiger charge is 2.32. The van der Waals surface area contributed by atoms with Gasteiger partial charge >= 0.3 is 0 Å². The number of piperidine rings is 1. The van der Waals surface area contributed by atoms with Crippen molar-refractivity contribution in [3.63, 3.8) is 0 Å². The molecule has 2 N–H and O–H groups in total. The fourth-order valence-electron chi connectivity index (χ4n) is 4.02. The largest absolute Gasteiger partial charge is 0.494 e. The van der Waals surface area contributed by atoms with Gasteiger partial charge in [0, 0.05) is 24.3 Å². The average molecular weight is 474 g/mol. The Morgan fingerprint density at radius 3 is 2.36 bits per heavy atom. The lowest BCUT2D eigenvalue weighted by atomic mass is 9.94. The van der Waals surface area contributed by atoms with Crippen LogP contribution in [0.1, 0.15) is 37.6 Å². The molecule has 0 aliphatic carbocycles. The van der Waals surface area contributed by atoms with Gasteiger partial charge in [-0.2, -0.15) is 4.31 Å². The topological polar surface area (TPSA) is 105 Å². The lowest BCUT2D eigenvalue weighted by molar-refractivity contribution is -0.115. The first-order valence-corrected chi connectivity index (χ1v) is 12.5. The molecule has 33 heavy (non-hydrogen) atoms. The number of rotatable bonds is 8. The molecule has 2 amide bonds. The number of anilines is 1. The lowest BCUT2D eigenvalue weighted by Gasteiger charge is -2.34. The number of carbonyl (C=O) groups excluding carboxylic acids is 2. The molecule has 8 nitrogen and oxygen atoms in total. The third-order valence-corrected chi connectivity index (χ3v) is 7.26. The summed E-state index contributed by atoms with van der Waals surface area (Å²) >= 11 is 0. The Labute approximate surface area is 195 Å². The summed E-state index contributed by atoms with van der Waals surface area (Å²) in [5.41, 5.74) is 0.763. The number of carbonyl (C=O) groups is 2. The van der Waals surface area contributed by atoms with Crippen LogP contribution >= 0.6 is 0 Å². The van der Waals surface area contributed by atoms with Gasteiger partial charge in [0.15, 0.2) is 0 Å². The SMILES string of the molecule is CCOc1ccc(NC(=O)CNC(=O)c2cccc(S(=O)(=O)N3CC(C)CC(C)C3)c2)cc1. The van der Waals surface area contributed by atoms with Gasteiger partial charge in [0.25, 0.3) is 5.91 Å². The quantitative estimate of drug-likeness (QED) is 0.613. The van der Waals surface area contributed by atoms with Crippen molar-refractivity contribution in [2.24, 2.45) is 11.8 Å². The zero-order chi connectivity index (χ0) is 24.0. The van der Waals surface area contributed by atoms with Crippen molar-refractivity contribution < 1.29 is 22.7 Å². The van der Waals surface area contributed by atoms with Gasteiger partial charge in [-0.3, -0.25) is 9.59 Å². The molecule has 2 aromatic rings. The smallest absolute Gasteiger partial charge is 0.251 e. The van der Waals surface area contributed by atoms with E-state index in [0.29, 0.717) is 31.1 Å². The Bertz CT molecular complexity index is 1080. The Morgan fingerprint density at radius 1 is 1.06 bits per heavy atom. The number of hydrogen-bond acceptors (Lipinski definition) is 5. The molecule has 0 saturated carbocycles. The maximum Gasteiger partial charge on any atom is 0.251 e. The van der Waals surface area contributed by atoms with Crippen molar-refractivity contribution in [3.05, 3.63) is 54.1 Å². The van der Waals surface area contributed by atoms with Gasteiger partial charge in [-0.05, 0) is 67.6 Å².